The van der Waals surface area contributed by atoms with Gasteiger partial charge in [0.25, 0.3) is 0 Å². The number of hydrogen-bond donors (Lipinski definition) is 1. The summed E-state index contributed by atoms with van der Waals surface area (Å²) in [5, 5.41) is 9.76. The molecule has 21 heavy (non-hydrogen) atoms. The number of carbonyl (C=O) groups is 1. The van der Waals surface area contributed by atoms with Crippen molar-refractivity contribution in [3.05, 3.63) is 23.8 Å². The maximum absolute atomic E-state index is 12.2. The number of carboxylic acids is 1. The largest absolute Gasteiger partial charge is 0.495 e. The van der Waals surface area contributed by atoms with Crippen LogP contribution >= 0.6 is 0 Å². The van der Waals surface area contributed by atoms with Gasteiger partial charge in [-0.3, -0.25) is 4.79 Å². The van der Waals surface area contributed by atoms with Gasteiger partial charge in [-0.25, -0.2) is 8.42 Å². The summed E-state index contributed by atoms with van der Waals surface area (Å²) >= 11 is 0. The Morgan fingerprint density at radius 1 is 1.24 bits per heavy atom. The predicted molar refractivity (Wildman–Crippen MR) is 78.5 cm³/mol. The van der Waals surface area contributed by atoms with E-state index in [9.17, 15) is 18.3 Å². The van der Waals surface area contributed by atoms with Gasteiger partial charge >= 0.3 is 5.97 Å². The van der Waals surface area contributed by atoms with Gasteiger partial charge in [0.2, 0.25) is 0 Å². The molecule has 0 spiro atoms. The molecular formula is C15H20O5S. The summed E-state index contributed by atoms with van der Waals surface area (Å²) in [6.45, 7) is 0. The van der Waals surface area contributed by atoms with Crippen LogP contribution in [0, 0.1) is 0 Å². The SMILES string of the molecule is COc1cccc(C2(C(=O)O)CCCCC2)c1S(C)(=O)=O. The van der Waals surface area contributed by atoms with Crippen molar-refractivity contribution in [3.63, 3.8) is 0 Å². The number of sulfone groups is 1. The van der Waals surface area contributed by atoms with E-state index < -0.39 is 21.2 Å². The summed E-state index contributed by atoms with van der Waals surface area (Å²) in [5.74, 6) is -0.749. The first-order valence-electron chi connectivity index (χ1n) is 6.94. The van der Waals surface area contributed by atoms with E-state index in [4.69, 9.17) is 4.74 Å². The molecule has 0 aromatic heterocycles. The molecule has 5 nitrogen and oxygen atoms in total. The van der Waals surface area contributed by atoms with Crippen molar-refractivity contribution in [2.75, 3.05) is 13.4 Å². The monoisotopic (exact) mass is 312 g/mol. The molecule has 0 saturated heterocycles. The van der Waals surface area contributed by atoms with Crippen LogP contribution in [0.3, 0.4) is 0 Å². The predicted octanol–water partition coefficient (Wildman–Crippen LogP) is 2.39. The van der Waals surface area contributed by atoms with Gasteiger partial charge in [0, 0.05) is 6.26 Å². The van der Waals surface area contributed by atoms with Crippen LogP contribution in [0.15, 0.2) is 23.1 Å². The fraction of sp³-hybridized carbons (Fsp3) is 0.533. The second kappa shape index (κ2) is 5.67. The van der Waals surface area contributed by atoms with Crippen LogP contribution in [0.25, 0.3) is 0 Å². The number of hydrogen-bond acceptors (Lipinski definition) is 4. The maximum atomic E-state index is 12.2. The van der Waals surface area contributed by atoms with Crippen molar-refractivity contribution in [1.29, 1.82) is 0 Å². The molecule has 0 radical (unpaired) electrons. The van der Waals surface area contributed by atoms with E-state index in [2.05, 4.69) is 0 Å². The Morgan fingerprint density at radius 3 is 2.33 bits per heavy atom. The number of benzene rings is 1. The van der Waals surface area contributed by atoms with E-state index in [-0.39, 0.29) is 10.6 Å². The van der Waals surface area contributed by atoms with Crippen LogP contribution in [0.1, 0.15) is 37.7 Å². The minimum atomic E-state index is -3.59. The lowest BCUT2D eigenvalue weighted by atomic mass is 9.69. The number of aliphatic carboxylic acids is 1. The van der Waals surface area contributed by atoms with Gasteiger partial charge in [0.05, 0.1) is 12.5 Å². The Kier molecular flexibility index (Phi) is 4.27. The lowest BCUT2D eigenvalue weighted by Crippen LogP contribution is -2.39. The highest BCUT2D eigenvalue weighted by Crippen LogP contribution is 2.44. The summed E-state index contributed by atoms with van der Waals surface area (Å²) in [6.07, 6.45) is 4.55. The highest BCUT2D eigenvalue weighted by atomic mass is 32.2. The molecule has 1 aromatic carbocycles. The molecule has 1 saturated carbocycles. The van der Waals surface area contributed by atoms with E-state index in [1.807, 2.05) is 0 Å². The van der Waals surface area contributed by atoms with Crippen LogP contribution in [0.2, 0.25) is 0 Å². The van der Waals surface area contributed by atoms with Crippen LogP contribution in [-0.2, 0) is 20.0 Å². The molecule has 0 unspecified atom stereocenters. The summed E-state index contributed by atoms with van der Waals surface area (Å²) in [4.78, 5) is 11.9. The molecule has 2 rings (SSSR count). The van der Waals surface area contributed by atoms with Gasteiger partial charge in [-0.05, 0) is 24.5 Å². The van der Waals surface area contributed by atoms with Gasteiger partial charge in [-0.2, -0.15) is 0 Å². The van der Waals surface area contributed by atoms with Gasteiger partial charge in [0.15, 0.2) is 9.84 Å². The fourth-order valence-corrected chi connectivity index (χ4v) is 4.37. The molecule has 6 heteroatoms. The first kappa shape index (κ1) is 15.8. The Bertz CT molecular complexity index is 642. The van der Waals surface area contributed by atoms with Crippen LogP contribution < -0.4 is 4.74 Å². The van der Waals surface area contributed by atoms with Crippen LogP contribution in [-0.4, -0.2) is 32.9 Å². The quantitative estimate of drug-likeness (QED) is 0.923. The fourth-order valence-electron chi connectivity index (χ4n) is 3.19. The molecule has 0 aliphatic heterocycles. The second-order valence-electron chi connectivity index (χ2n) is 5.56. The highest BCUT2D eigenvalue weighted by molar-refractivity contribution is 7.90. The maximum Gasteiger partial charge on any atom is 0.314 e. The van der Waals surface area contributed by atoms with E-state index in [1.54, 1.807) is 18.2 Å². The van der Waals surface area contributed by atoms with Crippen LogP contribution in [0.5, 0.6) is 5.75 Å². The van der Waals surface area contributed by atoms with Crippen LogP contribution in [0.4, 0.5) is 0 Å². The standard InChI is InChI=1S/C15H20O5S/c1-20-12-8-6-7-11(13(12)21(2,18)19)15(14(16)17)9-4-3-5-10-15/h6-8H,3-5,9-10H2,1-2H3,(H,16,17). The smallest absolute Gasteiger partial charge is 0.314 e. The normalized spacial score (nSPS) is 18.2. The minimum absolute atomic E-state index is 0.0109. The Morgan fingerprint density at radius 2 is 1.86 bits per heavy atom. The molecule has 0 bridgehead atoms. The first-order valence-corrected chi connectivity index (χ1v) is 8.83. The molecule has 0 atom stereocenters. The summed E-state index contributed by atoms with van der Waals surface area (Å²) in [5.41, 5.74) is -0.776. The molecular weight excluding hydrogens is 292 g/mol. The van der Waals surface area contributed by atoms with Gasteiger partial charge in [-0.1, -0.05) is 31.4 Å². The van der Waals surface area contributed by atoms with E-state index in [1.165, 1.54) is 7.11 Å². The van der Waals surface area contributed by atoms with Crippen molar-refractivity contribution in [2.45, 2.75) is 42.4 Å². The molecule has 0 amide bonds. The van der Waals surface area contributed by atoms with Crippen molar-refractivity contribution in [2.24, 2.45) is 0 Å². The Hall–Kier alpha value is -1.56. The first-order chi connectivity index (χ1) is 9.83. The molecule has 1 aromatic rings. The number of rotatable bonds is 4. The van der Waals surface area contributed by atoms with Crippen molar-refractivity contribution in [3.8, 4) is 5.75 Å². The number of ether oxygens (including phenoxy) is 1. The van der Waals surface area contributed by atoms with E-state index in [0.717, 1.165) is 25.5 Å². The van der Waals surface area contributed by atoms with Crippen molar-refractivity contribution in [1.82, 2.24) is 0 Å². The molecule has 1 aliphatic carbocycles. The lowest BCUT2D eigenvalue weighted by molar-refractivity contribution is -0.145. The zero-order valence-corrected chi connectivity index (χ0v) is 13.1. The summed E-state index contributed by atoms with van der Waals surface area (Å²) < 4.78 is 29.5. The Balaban J connectivity index is 2.75. The van der Waals surface area contributed by atoms with Gasteiger partial charge in [0.1, 0.15) is 10.6 Å². The minimum Gasteiger partial charge on any atom is -0.495 e. The molecule has 1 N–H and O–H groups in total. The third-order valence-electron chi connectivity index (χ3n) is 4.20. The molecule has 116 valence electrons. The van der Waals surface area contributed by atoms with Gasteiger partial charge < -0.3 is 9.84 Å². The average molecular weight is 312 g/mol. The molecule has 1 aliphatic rings. The highest BCUT2D eigenvalue weighted by Gasteiger charge is 2.44. The molecule has 0 heterocycles. The second-order valence-corrected chi connectivity index (χ2v) is 7.51. The third kappa shape index (κ3) is 2.77. The van der Waals surface area contributed by atoms with Gasteiger partial charge in [-0.15, -0.1) is 0 Å². The summed E-state index contributed by atoms with van der Waals surface area (Å²) in [6, 6.07) is 4.82. The average Bonchev–Trinajstić information content (AvgIpc) is 2.46. The Labute approximate surface area is 124 Å². The number of carboxylic acid groups (broad SMARTS) is 1. The summed E-state index contributed by atoms with van der Waals surface area (Å²) in [7, 11) is -2.19. The topological polar surface area (TPSA) is 80.7 Å². The van der Waals surface area contributed by atoms with Crippen molar-refractivity contribution >= 4 is 15.8 Å². The third-order valence-corrected chi connectivity index (χ3v) is 5.36. The molecule has 1 fully saturated rings. The lowest BCUT2D eigenvalue weighted by Gasteiger charge is -2.35. The van der Waals surface area contributed by atoms with E-state index in [0.29, 0.717) is 18.4 Å². The van der Waals surface area contributed by atoms with E-state index >= 15 is 0 Å². The zero-order chi connectivity index (χ0) is 15.7. The number of methoxy groups -OCH3 is 1. The van der Waals surface area contributed by atoms with Crippen molar-refractivity contribution < 1.29 is 23.1 Å². The zero-order valence-electron chi connectivity index (χ0n) is 12.3.